The number of carbonyl (C=O) groups excluding carboxylic acids is 2. The first-order valence-electron chi connectivity index (χ1n) is 7.19. The van der Waals surface area contributed by atoms with Gasteiger partial charge in [-0.25, -0.2) is 0 Å². The lowest BCUT2D eigenvalue weighted by Crippen LogP contribution is -2.40. The second-order valence-corrected chi connectivity index (χ2v) is 6.37. The van der Waals surface area contributed by atoms with Crippen LogP contribution in [0.25, 0.3) is 0 Å². The van der Waals surface area contributed by atoms with Gasteiger partial charge >= 0.3 is 0 Å². The summed E-state index contributed by atoms with van der Waals surface area (Å²) in [4.78, 5) is 26.2. The van der Waals surface area contributed by atoms with Crippen LogP contribution in [0.15, 0.2) is 17.5 Å². The molecule has 1 aliphatic rings. The van der Waals surface area contributed by atoms with E-state index >= 15 is 0 Å². The summed E-state index contributed by atoms with van der Waals surface area (Å²) in [6, 6.07) is 4.08. The number of rotatable bonds is 5. The molecule has 2 amide bonds. The zero-order valence-corrected chi connectivity index (χ0v) is 12.7. The molecule has 1 aromatic rings. The number of thiophene rings is 1. The van der Waals surface area contributed by atoms with E-state index in [1.165, 1.54) is 4.88 Å². The normalized spacial score (nSPS) is 16.1. The minimum Gasteiger partial charge on any atom is -0.356 e. The fourth-order valence-electron chi connectivity index (χ4n) is 2.49. The van der Waals surface area contributed by atoms with Crippen LogP contribution in [0.5, 0.6) is 0 Å². The molecule has 0 aliphatic carbocycles. The second kappa shape index (κ2) is 7.43. The van der Waals surface area contributed by atoms with Crippen molar-refractivity contribution in [1.82, 2.24) is 10.2 Å². The molecule has 5 heteroatoms. The lowest BCUT2D eigenvalue weighted by Gasteiger charge is -2.31. The van der Waals surface area contributed by atoms with E-state index in [1.54, 1.807) is 18.3 Å². The van der Waals surface area contributed by atoms with Crippen molar-refractivity contribution < 1.29 is 9.59 Å². The molecule has 1 fully saturated rings. The molecule has 0 unspecified atom stereocenters. The molecular formula is C15H22N2O2S. The number of likely N-dealkylation sites (tertiary alicyclic amines) is 1. The van der Waals surface area contributed by atoms with Crippen molar-refractivity contribution in [2.24, 2.45) is 5.92 Å². The van der Waals surface area contributed by atoms with Gasteiger partial charge in [0, 0.05) is 37.9 Å². The third kappa shape index (κ3) is 4.63. The monoisotopic (exact) mass is 294 g/mol. The average Bonchev–Trinajstić information content (AvgIpc) is 2.96. The van der Waals surface area contributed by atoms with Crippen LogP contribution in [0.2, 0.25) is 0 Å². The molecule has 0 radical (unpaired) electrons. The number of hydrogen-bond acceptors (Lipinski definition) is 3. The minimum absolute atomic E-state index is 0.132. The Morgan fingerprint density at radius 2 is 2.15 bits per heavy atom. The Morgan fingerprint density at radius 3 is 2.75 bits per heavy atom. The van der Waals surface area contributed by atoms with E-state index in [2.05, 4.69) is 11.4 Å². The summed E-state index contributed by atoms with van der Waals surface area (Å²) in [6.45, 7) is 4.01. The Morgan fingerprint density at radius 1 is 1.40 bits per heavy atom. The number of carbonyl (C=O) groups is 2. The maximum absolute atomic E-state index is 11.8. The van der Waals surface area contributed by atoms with Crippen molar-refractivity contribution in [2.75, 3.05) is 19.6 Å². The largest absolute Gasteiger partial charge is 0.356 e. The van der Waals surface area contributed by atoms with Gasteiger partial charge in [0.25, 0.3) is 0 Å². The van der Waals surface area contributed by atoms with Crippen LogP contribution in [-0.4, -0.2) is 36.3 Å². The van der Waals surface area contributed by atoms with E-state index in [0.29, 0.717) is 12.3 Å². The van der Waals surface area contributed by atoms with Gasteiger partial charge in [-0.15, -0.1) is 11.3 Å². The molecule has 0 saturated carbocycles. The van der Waals surface area contributed by atoms with Crippen molar-refractivity contribution in [3.05, 3.63) is 22.4 Å². The van der Waals surface area contributed by atoms with Gasteiger partial charge < -0.3 is 10.2 Å². The van der Waals surface area contributed by atoms with E-state index in [1.807, 2.05) is 16.3 Å². The number of nitrogens with zero attached hydrogens (tertiary/aromatic N) is 1. The standard InChI is InChI=1S/C15H22N2O2S/c1-12(18)17-8-6-13(7-9-17)11-16-15(19)5-4-14-3-2-10-20-14/h2-3,10,13H,4-9,11H2,1H3,(H,16,19). The summed E-state index contributed by atoms with van der Waals surface area (Å²) >= 11 is 1.70. The van der Waals surface area contributed by atoms with Gasteiger partial charge in [-0.2, -0.15) is 0 Å². The SMILES string of the molecule is CC(=O)N1CCC(CNC(=O)CCc2cccs2)CC1. The number of nitrogens with one attached hydrogen (secondary N) is 1. The van der Waals surface area contributed by atoms with Crippen LogP contribution in [0.1, 0.15) is 31.1 Å². The molecule has 0 spiro atoms. The second-order valence-electron chi connectivity index (χ2n) is 5.33. The summed E-state index contributed by atoms with van der Waals surface area (Å²) in [5, 5.41) is 5.06. The van der Waals surface area contributed by atoms with Crippen LogP contribution >= 0.6 is 11.3 Å². The summed E-state index contributed by atoms with van der Waals surface area (Å²) in [5.41, 5.74) is 0. The molecule has 2 rings (SSSR count). The highest BCUT2D eigenvalue weighted by Crippen LogP contribution is 2.16. The third-order valence-corrected chi connectivity index (χ3v) is 4.76. The lowest BCUT2D eigenvalue weighted by molar-refractivity contribution is -0.130. The fraction of sp³-hybridized carbons (Fsp3) is 0.600. The molecule has 0 aromatic carbocycles. The molecular weight excluding hydrogens is 272 g/mol. The molecule has 1 aromatic heterocycles. The van der Waals surface area contributed by atoms with E-state index in [4.69, 9.17) is 0 Å². The van der Waals surface area contributed by atoms with Crippen LogP contribution in [-0.2, 0) is 16.0 Å². The van der Waals surface area contributed by atoms with Crippen LogP contribution in [0.3, 0.4) is 0 Å². The molecule has 110 valence electrons. The Hall–Kier alpha value is -1.36. The number of amides is 2. The van der Waals surface area contributed by atoms with Gasteiger partial charge in [0.2, 0.25) is 11.8 Å². The van der Waals surface area contributed by atoms with Crippen molar-refractivity contribution in [2.45, 2.75) is 32.6 Å². The number of aryl methyl sites for hydroxylation is 1. The molecule has 0 bridgehead atoms. The zero-order valence-electron chi connectivity index (χ0n) is 11.9. The van der Waals surface area contributed by atoms with E-state index in [0.717, 1.165) is 38.9 Å². The van der Waals surface area contributed by atoms with Crippen molar-refractivity contribution in [3.8, 4) is 0 Å². The Labute approximate surface area is 124 Å². The maximum atomic E-state index is 11.8. The third-order valence-electron chi connectivity index (χ3n) is 3.83. The summed E-state index contributed by atoms with van der Waals surface area (Å²) in [6.07, 6.45) is 3.37. The van der Waals surface area contributed by atoms with Crippen molar-refractivity contribution >= 4 is 23.2 Å². The predicted molar refractivity (Wildman–Crippen MR) is 80.6 cm³/mol. The van der Waals surface area contributed by atoms with Crippen LogP contribution < -0.4 is 5.32 Å². The Balaban J connectivity index is 1.61. The summed E-state index contributed by atoms with van der Waals surface area (Å²) in [5.74, 6) is 0.798. The number of hydrogen-bond donors (Lipinski definition) is 1. The highest BCUT2D eigenvalue weighted by atomic mass is 32.1. The smallest absolute Gasteiger partial charge is 0.220 e. The van der Waals surface area contributed by atoms with Gasteiger partial charge in [-0.3, -0.25) is 9.59 Å². The van der Waals surface area contributed by atoms with E-state index in [-0.39, 0.29) is 11.8 Å². The summed E-state index contributed by atoms with van der Waals surface area (Å²) in [7, 11) is 0. The minimum atomic E-state index is 0.132. The average molecular weight is 294 g/mol. The van der Waals surface area contributed by atoms with Gasteiger partial charge in [0.05, 0.1) is 0 Å². The van der Waals surface area contributed by atoms with Crippen molar-refractivity contribution in [3.63, 3.8) is 0 Å². The molecule has 2 heterocycles. The van der Waals surface area contributed by atoms with Gasteiger partial charge in [0.15, 0.2) is 0 Å². The van der Waals surface area contributed by atoms with E-state index < -0.39 is 0 Å². The predicted octanol–water partition coefficient (Wildman–Crippen LogP) is 2.06. The molecule has 1 aliphatic heterocycles. The zero-order chi connectivity index (χ0) is 14.4. The first-order chi connectivity index (χ1) is 9.65. The summed E-state index contributed by atoms with van der Waals surface area (Å²) < 4.78 is 0. The molecule has 1 N–H and O–H groups in total. The van der Waals surface area contributed by atoms with Crippen LogP contribution in [0.4, 0.5) is 0 Å². The van der Waals surface area contributed by atoms with E-state index in [9.17, 15) is 9.59 Å². The highest BCUT2D eigenvalue weighted by Gasteiger charge is 2.20. The first kappa shape index (κ1) is 15.0. The highest BCUT2D eigenvalue weighted by molar-refractivity contribution is 7.09. The maximum Gasteiger partial charge on any atom is 0.220 e. The topological polar surface area (TPSA) is 49.4 Å². The number of piperidine rings is 1. The first-order valence-corrected chi connectivity index (χ1v) is 8.07. The Bertz CT molecular complexity index is 437. The van der Waals surface area contributed by atoms with Gasteiger partial charge in [0.1, 0.15) is 0 Å². The van der Waals surface area contributed by atoms with Crippen molar-refractivity contribution in [1.29, 1.82) is 0 Å². The van der Waals surface area contributed by atoms with Crippen LogP contribution in [0, 0.1) is 5.92 Å². The fourth-order valence-corrected chi connectivity index (χ4v) is 3.20. The molecule has 4 nitrogen and oxygen atoms in total. The molecule has 20 heavy (non-hydrogen) atoms. The van der Waals surface area contributed by atoms with Gasteiger partial charge in [-0.05, 0) is 36.6 Å². The molecule has 1 saturated heterocycles. The lowest BCUT2D eigenvalue weighted by atomic mass is 9.96. The quantitative estimate of drug-likeness (QED) is 0.903. The van der Waals surface area contributed by atoms with Gasteiger partial charge in [-0.1, -0.05) is 6.07 Å². The Kier molecular flexibility index (Phi) is 5.59. The molecule has 0 atom stereocenters.